The van der Waals surface area contributed by atoms with E-state index in [1.54, 1.807) is 46.4 Å². The van der Waals surface area contributed by atoms with Crippen LogP contribution in [-0.4, -0.2) is 103 Å². The van der Waals surface area contributed by atoms with Gasteiger partial charge in [0.2, 0.25) is 0 Å². The Hall–Kier alpha value is -7.57. The van der Waals surface area contributed by atoms with Gasteiger partial charge in [-0.15, -0.1) is 11.3 Å². The number of fused-ring (bicyclic) bond motifs is 8. The molecule has 5 aliphatic rings. The van der Waals surface area contributed by atoms with Gasteiger partial charge in [0.25, 0.3) is 11.5 Å². The number of pyridine rings is 2. The average molecular weight is 1100 g/mol. The minimum Gasteiger partial charge on any atom is -0.486 e. The first-order valence-corrected chi connectivity index (χ1v) is 26.9. The van der Waals surface area contributed by atoms with E-state index in [9.17, 15) is 29.1 Å². The molecule has 1 unspecified atom stereocenters. The Kier molecular flexibility index (Phi) is 12.4. The van der Waals surface area contributed by atoms with E-state index < -0.39 is 41.0 Å². The second kappa shape index (κ2) is 18.8. The Labute approximate surface area is 453 Å². The van der Waals surface area contributed by atoms with Crippen LogP contribution in [0.25, 0.3) is 54.4 Å². The third-order valence-corrected chi connectivity index (χ3v) is 17.7. The summed E-state index contributed by atoms with van der Waals surface area (Å²) in [5, 5.41) is 22.5. The number of nitrogen functional groups attached to an aromatic ring is 1. The summed E-state index contributed by atoms with van der Waals surface area (Å²) in [5.74, 6) is -2.05. The summed E-state index contributed by atoms with van der Waals surface area (Å²) in [6.07, 6.45) is 0.628. The Bertz CT molecular complexity index is 3940. The van der Waals surface area contributed by atoms with Crippen molar-refractivity contribution in [1.82, 2.24) is 29.3 Å². The fourth-order valence-electron chi connectivity index (χ4n) is 12.3. The lowest BCUT2D eigenvalue weighted by atomic mass is 9.86. The zero-order valence-corrected chi connectivity index (χ0v) is 44.3. The topological polar surface area (TPSA) is 202 Å². The molecule has 5 aliphatic heterocycles. The van der Waals surface area contributed by atoms with E-state index >= 15 is 8.78 Å². The highest BCUT2D eigenvalue weighted by molar-refractivity contribution is 7.23. The minimum atomic E-state index is -1.95. The molecule has 0 saturated carbocycles. The van der Waals surface area contributed by atoms with Gasteiger partial charge in [0, 0.05) is 70.2 Å². The van der Waals surface area contributed by atoms with Crippen LogP contribution in [0.4, 0.5) is 24.0 Å². The predicted molar refractivity (Wildman–Crippen MR) is 289 cm³/mol. The number of alkyl halides is 1. The summed E-state index contributed by atoms with van der Waals surface area (Å²) < 4.78 is 67.2. The van der Waals surface area contributed by atoms with Crippen molar-refractivity contribution in [2.45, 2.75) is 89.4 Å². The van der Waals surface area contributed by atoms with Crippen molar-refractivity contribution < 1.29 is 42.1 Å². The van der Waals surface area contributed by atoms with Gasteiger partial charge >= 0.3 is 12.0 Å². The van der Waals surface area contributed by atoms with Crippen LogP contribution in [0.3, 0.4) is 0 Å². The summed E-state index contributed by atoms with van der Waals surface area (Å²) in [4.78, 5) is 60.7. The van der Waals surface area contributed by atoms with Crippen LogP contribution in [0.15, 0.2) is 71.7 Å². The number of aromatic nitrogens is 4. The van der Waals surface area contributed by atoms with Gasteiger partial charge in [0.1, 0.15) is 59.5 Å². The molecule has 0 radical (unpaired) electrons. The number of nitrogens with two attached hydrogens (primary N) is 1. The maximum absolute atomic E-state index is 17.5. The lowest BCUT2D eigenvalue weighted by Crippen LogP contribution is -2.48. The first kappa shape index (κ1) is 51.2. The average Bonchev–Trinajstić information content (AvgIpc) is 4.35. The van der Waals surface area contributed by atoms with Crippen LogP contribution in [0, 0.1) is 23.0 Å². The number of thiophene rings is 1. The summed E-state index contributed by atoms with van der Waals surface area (Å²) >= 11 is 7.86. The van der Waals surface area contributed by atoms with Crippen LogP contribution in [-0.2, 0) is 39.5 Å². The second-order valence-electron chi connectivity index (χ2n) is 20.7. The maximum atomic E-state index is 17.5. The summed E-state index contributed by atoms with van der Waals surface area (Å²) in [6.45, 7) is 15.3. The van der Waals surface area contributed by atoms with Crippen molar-refractivity contribution in [2.24, 2.45) is 0 Å². The van der Waals surface area contributed by atoms with Crippen molar-refractivity contribution in [3.05, 3.63) is 122 Å². The fourth-order valence-corrected chi connectivity index (χ4v) is 13.5. The van der Waals surface area contributed by atoms with Crippen LogP contribution in [0.2, 0.25) is 5.02 Å². The summed E-state index contributed by atoms with van der Waals surface area (Å²) in [6, 6.07) is 12.9. The highest BCUT2D eigenvalue weighted by Gasteiger charge is 2.50. The van der Waals surface area contributed by atoms with E-state index in [4.69, 9.17) is 41.5 Å². The molecule has 7 aromatic rings. The number of anilines is 2. The lowest BCUT2D eigenvalue weighted by Gasteiger charge is -2.38. The summed E-state index contributed by atoms with van der Waals surface area (Å²) in [7, 11) is 0. The monoisotopic (exact) mass is 1100 g/mol. The number of aryl methyl sites for hydroxylation is 1. The molecule has 1 amide bonds. The molecule has 4 atom stereocenters. The number of carbonyl (C=O) groups is 2. The van der Waals surface area contributed by atoms with Gasteiger partial charge in [0.15, 0.2) is 11.4 Å². The lowest BCUT2D eigenvalue weighted by molar-refractivity contribution is -0.172. The number of esters is 1. The molecule has 12 rings (SSSR count). The number of ether oxygens (including phenoxy) is 3. The first-order chi connectivity index (χ1) is 37.4. The van der Waals surface area contributed by atoms with Crippen molar-refractivity contribution in [2.75, 3.05) is 50.0 Å². The number of rotatable bonds is 11. The highest BCUT2D eigenvalue weighted by atomic mass is 35.5. The molecule has 9 heterocycles. The molecule has 0 spiro atoms. The molecule has 4 aromatic heterocycles. The number of carbonyl (C=O) groups excluding carboxylic acids is 2. The van der Waals surface area contributed by atoms with E-state index in [-0.39, 0.29) is 146 Å². The Morgan fingerprint density at radius 3 is 2.65 bits per heavy atom. The normalized spacial score (nSPS) is 21.1. The van der Waals surface area contributed by atoms with Crippen molar-refractivity contribution in [3.63, 3.8) is 0 Å². The molecule has 0 bridgehead atoms. The minimum absolute atomic E-state index is 0.0135. The third kappa shape index (κ3) is 7.82. The van der Waals surface area contributed by atoms with Gasteiger partial charge in [-0.2, -0.15) is 15.2 Å². The van der Waals surface area contributed by atoms with E-state index in [0.29, 0.717) is 41.2 Å². The molecule has 400 valence electrons. The zero-order valence-electron chi connectivity index (χ0n) is 42.8. The fraction of sp³-hybridized carbons (Fsp3) is 0.351. The number of halogens is 4. The Balaban J connectivity index is 0.811. The van der Waals surface area contributed by atoms with E-state index in [2.05, 4.69) is 23.0 Å². The molecular formula is C57H51ClF3N9O7S. The molecular weight excluding hydrogens is 1050 g/mol. The molecule has 78 heavy (non-hydrogen) atoms. The van der Waals surface area contributed by atoms with Crippen LogP contribution < -0.4 is 25.7 Å². The molecule has 3 saturated heterocycles. The zero-order chi connectivity index (χ0) is 54.9. The van der Waals surface area contributed by atoms with Gasteiger partial charge in [-0.05, 0) is 86.7 Å². The Morgan fingerprint density at radius 1 is 1.09 bits per heavy atom. The van der Waals surface area contributed by atoms with E-state index in [1.807, 2.05) is 19.1 Å². The maximum Gasteiger partial charge on any atom is 0.343 e. The number of hydrogen-bond donors (Lipinski definition) is 2. The molecule has 3 N–H and O–H groups in total. The Morgan fingerprint density at radius 2 is 1.90 bits per heavy atom. The van der Waals surface area contributed by atoms with Gasteiger partial charge in [-0.25, -0.2) is 22.9 Å². The largest absolute Gasteiger partial charge is 0.486 e. The molecule has 16 nitrogen and oxygen atoms in total. The number of nitrogens with zero attached hydrogens (tertiary/aromatic N) is 8. The van der Waals surface area contributed by atoms with Crippen molar-refractivity contribution in [3.8, 4) is 40.3 Å². The highest BCUT2D eigenvalue weighted by Crippen LogP contribution is 2.47. The standard InChI is InChI=1S/C57H51ClF3N9O7S/c1-6-32-34-17-31(9-12-42(34)64-47-37(32)24-70-43(47)19-39-38(53(70)72)25-75-54(73)57(39,74)7-2)77-29(5)28(4)52(71)67-15-16-69(27(3)22-67)51-35-18-40(58)45(33-10-11-41(60)49-44(33)36(21-62)50(63)78-49)46(61)48(35)65-55(66-51)76-26-56-13-8-14-68(56)23-30(59)20-56/h9-12,17-19,29-30,74H,3-4,6-8,13-16,20,22-26,63H2,1-2,5H3/t29?,30-,56+,57+/m1/s1. The molecule has 0 aliphatic carbocycles. The van der Waals surface area contributed by atoms with Gasteiger partial charge < -0.3 is 39.4 Å². The molecule has 3 fully saturated rings. The number of benzene rings is 3. The number of cyclic esters (lactones) is 1. The van der Waals surface area contributed by atoms with Gasteiger partial charge in [-0.1, -0.05) is 44.7 Å². The van der Waals surface area contributed by atoms with Crippen molar-refractivity contribution >= 4 is 77.5 Å². The third-order valence-electron chi connectivity index (χ3n) is 16.4. The summed E-state index contributed by atoms with van der Waals surface area (Å²) in [5.41, 5.74) is 7.64. The second-order valence-corrected chi connectivity index (χ2v) is 22.1. The van der Waals surface area contributed by atoms with E-state index in [0.717, 1.165) is 46.9 Å². The smallest absolute Gasteiger partial charge is 0.343 e. The quantitative estimate of drug-likeness (QED) is 0.0918. The molecule has 3 aromatic carbocycles. The SMILES string of the molecule is C=C(C(=O)N1CCN(c2nc(OC[C@@]34CCCN3C[C@H](F)C4)nc3c(F)c(-c4ccc(F)c5sc(N)c(C#N)c45)c(Cl)cc23)C(=C)C1)C(C)Oc1ccc2nc3c(c(CC)c2c1)Cn1c-3cc2c(c1=O)COC(=O)[C@]2(O)CC. The number of piperazine rings is 1. The van der Waals surface area contributed by atoms with E-state index in [1.165, 1.54) is 12.1 Å². The number of hydrogen-bond acceptors (Lipinski definition) is 15. The van der Waals surface area contributed by atoms with Gasteiger partial charge in [-0.3, -0.25) is 14.5 Å². The number of nitriles is 1. The van der Waals surface area contributed by atoms with Crippen molar-refractivity contribution in [1.29, 1.82) is 5.26 Å². The van der Waals surface area contributed by atoms with Gasteiger partial charge in [0.05, 0.1) is 56.4 Å². The van der Waals surface area contributed by atoms with Crippen LogP contribution in [0.5, 0.6) is 11.8 Å². The predicted octanol–water partition coefficient (Wildman–Crippen LogP) is 8.99. The number of amides is 1. The number of aliphatic hydroxyl groups is 1. The van der Waals surface area contributed by atoms with Crippen LogP contribution >= 0.6 is 22.9 Å². The molecule has 21 heteroatoms. The first-order valence-electron chi connectivity index (χ1n) is 25.7. The van der Waals surface area contributed by atoms with Crippen LogP contribution in [0.1, 0.15) is 74.3 Å².